The molecule has 1 aromatic heterocycles. The quantitative estimate of drug-likeness (QED) is 0.899. The maximum absolute atomic E-state index is 13.8. The Hall–Kier alpha value is -1.90. The van der Waals surface area contributed by atoms with E-state index in [1.165, 1.54) is 6.07 Å². The van der Waals surface area contributed by atoms with Crippen LogP contribution in [0.15, 0.2) is 24.5 Å². The largest absolute Gasteiger partial charge is 0.387 e. The molecule has 1 fully saturated rings. The highest BCUT2D eigenvalue weighted by Crippen LogP contribution is 2.25. The molecule has 1 aliphatic heterocycles. The van der Waals surface area contributed by atoms with E-state index in [0.29, 0.717) is 25.5 Å². The number of aromatic nitrogens is 3. The molecule has 1 aliphatic rings. The standard InChI is InChI=1S/C16H20F2N4O2/c1-2-22-10-19-20-16(22)14-9-21(6-7-24-14)8-13(23)15-11(17)4-3-5-12(15)18/h3-5,10,13-14,23H,2,6-9H2,1H3/t13-,14+/m0/s1. The molecule has 24 heavy (non-hydrogen) atoms. The summed E-state index contributed by atoms with van der Waals surface area (Å²) in [6.45, 7) is 4.34. The number of β-amino-alcohol motifs (C(OH)–C–C–N with tert-alkyl or cyclic N) is 1. The summed E-state index contributed by atoms with van der Waals surface area (Å²) < 4.78 is 35.2. The molecule has 1 saturated heterocycles. The molecular weight excluding hydrogens is 318 g/mol. The maximum atomic E-state index is 13.8. The third-order valence-corrected chi connectivity index (χ3v) is 4.19. The molecule has 0 amide bonds. The van der Waals surface area contributed by atoms with Crippen LogP contribution in [0.3, 0.4) is 0 Å². The van der Waals surface area contributed by atoms with Crippen LogP contribution in [0.25, 0.3) is 0 Å². The van der Waals surface area contributed by atoms with Gasteiger partial charge >= 0.3 is 0 Å². The molecule has 1 aromatic carbocycles. The zero-order chi connectivity index (χ0) is 17.1. The lowest BCUT2D eigenvalue weighted by Gasteiger charge is -2.33. The number of aliphatic hydroxyl groups is 1. The van der Waals surface area contributed by atoms with Crippen LogP contribution in [0.2, 0.25) is 0 Å². The lowest BCUT2D eigenvalue weighted by Crippen LogP contribution is -2.41. The highest BCUT2D eigenvalue weighted by atomic mass is 19.1. The van der Waals surface area contributed by atoms with E-state index in [2.05, 4.69) is 10.2 Å². The first-order valence-corrected chi connectivity index (χ1v) is 7.93. The monoisotopic (exact) mass is 338 g/mol. The topological polar surface area (TPSA) is 63.4 Å². The van der Waals surface area contributed by atoms with E-state index in [4.69, 9.17) is 4.74 Å². The van der Waals surface area contributed by atoms with Gasteiger partial charge in [-0.3, -0.25) is 4.90 Å². The van der Waals surface area contributed by atoms with Gasteiger partial charge in [0.2, 0.25) is 0 Å². The number of hydrogen-bond acceptors (Lipinski definition) is 5. The van der Waals surface area contributed by atoms with Crippen molar-refractivity contribution >= 4 is 0 Å². The molecule has 8 heteroatoms. The van der Waals surface area contributed by atoms with Gasteiger partial charge in [-0.2, -0.15) is 0 Å². The Balaban J connectivity index is 1.69. The predicted molar refractivity (Wildman–Crippen MR) is 82.1 cm³/mol. The van der Waals surface area contributed by atoms with E-state index in [0.717, 1.165) is 18.7 Å². The maximum Gasteiger partial charge on any atom is 0.163 e. The van der Waals surface area contributed by atoms with Gasteiger partial charge in [0, 0.05) is 26.2 Å². The normalized spacial score (nSPS) is 20.2. The number of rotatable bonds is 5. The smallest absolute Gasteiger partial charge is 0.163 e. The number of aryl methyl sites for hydroxylation is 1. The molecule has 0 saturated carbocycles. The number of halogens is 2. The predicted octanol–water partition coefficient (Wildman–Crippen LogP) is 1.68. The summed E-state index contributed by atoms with van der Waals surface area (Å²) >= 11 is 0. The van der Waals surface area contributed by atoms with Crippen molar-refractivity contribution in [1.29, 1.82) is 0 Å². The number of aliphatic hydroxyl groups excluding tert-OH is 1. The van der Waals surface area contributed by atoms with Crippen molar-refractivity contribution in [2.24, 2.45) is 0 Å². The fraction of sp³-hybridized carbons (Fsp3) is 0.500. The minimum atomic E-state index is -1.24. The van der Waals surface area contributed by atoms with Gasteiger partial charge in [-0.1, -0.05) is 6.07 Å². The molecule has 1 N–H and O–H groups in total. The number of hydrogen-bond donors (Lipinski definition) is 1. The molecule has 0 radical (unpaired) electrons. The molecule has 2 heterocycles. The number of morpholine rings is 1. The van der Waals surface area contributed by atoms with Crippen molar-refractivity contribution in [1.82, 2.24) is 19.7 Å². The fourth-order valence-corrected chi connectivity index (χ4v) is 2.95. The van der Waals surface area contributed by atoms with E-state index in [1.54, 1.807) is 6.33 Å². The number of nitrogens with zero attached hydrogens (tertiary/aromatic N) is 4. The molecule has 0 unspecified atom stereocenters. The van der Waals surface area contributed by atoms with Crippen LogP contribution in [-0.2, 0) is 11.3 Å². The zero-order valence-electron chi connectivity index (χ0n) is 13.4. The summed E-state index contributed by atoms with van der Waals surface area (Å²) in [6.07, 6.45) is 0.120. The van der Waals surface area contributed by atoms with E-state index in [-0.39, 0.29) is 18.2 Å². The summed E-state index contributed by atoms with van der Waals surface area (Å²) in [7, 11) is 0. The van der Waals surface area contributed by atoms with E-state index in [1.807, 2.05) is 16.4 Å². The first-order chi connectivity index (χ1) is 11.6. The van der Waals surface area contributed by atoms with Crippen LogP contribution in [0.5, 0.6) is 0 Å². The summed E-state index contributed by atoms with van der Waals surface area (Å²) in [5.74, 6) is -0.759. The van der Waals surface area contributed by atoms with Crippen LogP contribution >= 0.6 is 0 Å². The minimum Gasteiger partial charge on any atom is -0.387 e. The van der Waals surface area contributed by atoms with Crippen molar-refractivity contribution in [3.8, 4) is 0 Å². The summed E-state index contributed by atoms with van der Waals surface area (Å²) in [4.78, 5) is 1.92. The molecule has 6 nitrogen and oxygen atoms in total. The van der Waals surface area contributed by atoms with Crippen molar-refractivity contribution in [3.63, 3.8) is 0 Å². The van der Waals surface area contributed by atoms with E-state index < -0.39 is 17.7 Å². The van der Waals surface area contributed by atoms with Crippen LogP contribution in [-0.4, -0.2) is 51.0 Å². The number of benzene rings is 1. The van der Waals surface area contributed by atoms with Gasteiger partial charge in [0.25, 0.3) is 0 Å². The summed E-state index contributed by atoms with van der Waals surface area (Å²) in [5.41, 5.74) is -0.294. The Morgan fingerprint density at radius 1 is 1.38 bits per heavy atom. The second-order valence-corrected chi connectivity index (χ2v) is 5.75. The first-order valence-electron chi connectivity index (χ1n) is 7.93. The van der Waals surface area contributed by atoms with Crippen LogP contribution in [0.1, 0.15) is 30.5 Å². The average Bonchev–Trinajstić information content (AvgIpc) is 3.03. The fourth-order valence-electron chi connectivity index (χ4n) is 2.95. The zero-order valence-corrected chi connectivity index (χ0v) is 13.4. The number of ether oxygens (including phenoxy) is 1. The Labute approximate surface area is 138 Å². The van der Waals surface area contributed by atoms with E-state index >= 15 is 0 Å². The van der Waals surface area contributed by atoms with E-state index in [9.17, 15) is 13.9 Å². The van der Waals surface area contributed by atoms with Gasteiger partial charge in [-0.15, -0.1) is 10.2 Å². The average molecular weight is 338 g/mol. The third-order valence-electron chi connectivity index (χ3n) is 4.19. The second-order valence-electron chi connectivity index (χ2n) is 5.75. The van der Waals surface area contributed by atoms with Gasteiger partial charge in [-0.05, 0) is 19.1 Å². The van der Waals surface area contributed by atoms with Crippen molar-refractivity contribution in [2.45, 2.75) is 25.7 Å². The molecule has 3 rings (SSSR count). The van der Waals surface area contributed by atoms with Gasteiger partial charge < -0.3 is 14.4 Å². The van der Waals surface area contributed by atoms with Gasteiger partial charge in [-0.25, -0.2) is 8.78 Å². The SMILES string of the molecule is CCn1cnnc1[C@H]1CN(C[C@H](O)c2c(F)cccc2F)CCO1. The highest BCUT2D eigenvalue weighted by Gasteiger charge is 2.28. The van der Waals surface area contributed by atoms with Crippen LogP contribution in [0, 0.1) is 11.6 Å². The summed E-state index contributed by atoms with van der Waals surface area (Å²) in [5, 5.41) is 18.2. The Morgan fingerprint density at radius 3 is 2.83 bits per heavy atom. The first kappa shape index (κ1) is 16.9. The van der Waals surface area contributed by atoms with Gasteiger partial charge in [0.05, 0.1) is 18.3 Å². The third kappa shape index (κ3) is 3.45. The van der Waals surface area contributed by atoms with Crippen molar-refractivity contribution in [2.75, 3.05) is 26.2 Å². The molecule has 0 spiro atoms. The van der Waals surface area contributed by atoms with Crippen molar-refractivity contribution in [3.05, 3.63) is 47.5 Å². The molecule has 2 atom stereocenters. The molecule has 2 aromatic rings. The van der Waals surface area contributed by atoms with Crippen molar-refractivity contribution < 1.29 is 18.6 Å². The molecule has 130 valence electrons. The molecule has 0 bridgehead atoms. The lowest BCUT2D eigenvalue weighted by molar-refractivity contribution is -0.0481. The summed E-state index contributed by atoms with van der Waals surface area (Å²) in [6, 6.07) is 3.57. The van der Waals surface area contributed by atoms with Gasteiger partial charge in [0.15, 0.2) is 5.82 Å². The minimum absolute atomic E-state index is 0.123. The Kier molecular flexibility index (Phi) is 5.17. The molecular formula is C16H20F2N4O2. The Bertz CT molecular complexity index is 674. The highest BCUT2D eigenvalue weighted by molar-refractivity contribution is 5.22. The van der Waals surface area contributed by atoms with Crippen LogP contribution < -0.4 is 0 Å². The lowest BCUT2D eigenvalue weighted by atomic mass is 10.1. The Morgan fingerprint density at radius 2 is 2.12 bits per heavy atom. The molecule has 0 aliphatic carbocycles. The van der Waals surface area contributed by atoms with Gasteiger partial charge in [0.1, 0.15) is 24.1 Å². The second kappa shape index (κ2) is 7.33. The van der Waals surface area contributed by atoms with Crippen LogP contribution in [0.4, 0.5) is 8.78 Å².